The lowest BCUT2D eigenvalue weighted by Crippen LogP contribution is -2.50. The molecule has 2 amide bonds. The van der Waals surface area contributed by atoms with Crippen molar-refractivity contribution < 1.29 is 9.59 Å². The van der Waals surface area contributed by atoms with Crippen LogP contribution in [0.2, 0.25) is 10.0 Å². The summed E-state index contributed by atoms with van der Waals surface area (Å²) < 4.78 is 0.975. The summed E-state index contributed by atoms with van der Waals surface area (Å²) >= 11 is 17.0. The first-order valence-corrected chi connectivity index (χ1v) is 13.4. The Morgan fingerprint density at radius 3 is 2.41 bits per heavy atom. The van der Waals surface area contributed by atoms with Crippen molar-refractivity contribution in [3.05, 3.63) is 68.1 Å². The van der Waals surface area contributed by atoms with Gasteiger partial charge in [-0.2, -0.15) is 0 Å². The smallest absolute Gasteiger partial charge is 0.242 e. The van der Waals surface area contributed by atoms with E-state index in [-0.39, 0.29) is 23.6 Å². The van der Waals surface area contributed by atoms with Crippen LogP contribution in [0.15, 0.2) is 46.9 Å². The largest absolute Gasteiger partial charge is 0.352 e. The Morgan fingerprint density at radius 1 is 1.09 bits per heavy atom. The fourth-order valence-corrected chi connectivity index (χ4v) is 5.17. The molecule has 1 fully saturated rings. The molecule has 0 spiro atoms. The number of thioether (sulfide) groups is 1. The number of nitrogens with zero attached hydrogens (tertiary/aromatic N) is 1. The van der Waals surface area contributed by atoms with Crippen LogP contribution in [0.4, 0.5) is 0 Å². The lowest BCUT2D eigenvalue weighted by Gasteiger charge is -2.29. The maximum absolute atomic E-state index is 13.2. The predicted molar refractivity (Wildman–Crippen MR) is 137 cm³/mol. The fourth-order valence-electron chi connectivity index (χ4n) is 3.73. The van der Waals surface area contributed by atoms with E-state index in [0.717, 1.165) is 41.3 Å². The summed E-state index contributed by atoms with van der Waals surface area (Å²) in [5.41, 5.74) is 1.99. The first kappa shape index (κ1) is 25.4. The molecule has 2 aromatic rings. The van der Waals surface area contributed by atoms with E-state index in [1.807, 2.05) is 43.3 Å². The van der Waals surface area contributed by atoms with Gasteiger partial charge in [-0.25, -0.2) is 0 Å². The molecule has 1 aliphatic carbocycles. The van der Waals surface area contributed by atoms with Gasteiger partial charge < -0.3 is 10.2 Å². The highest BCUT2D eigenvalue weighted by Crippen LogP contribution is 2.25. The fraction of sp³-hybridized carbons (Fsp3) is 0.417. The number of hydrogen-bond donors (Lipinski definition) is 1. The molecule has 0 heterocycles. The molecule has 1 N–H and O–H groups in total. The van der Waals surface area contributed by atoms with Crippen molar-refractivity contribution >= 4 is 62.7 Å². The van der Waals surface area contributed by atoms with Crippen molar-refractivity contribution in [3.63, 3.8) is 0 Å². The summed E-state index contributed by atoms with van der Waals surface area (Å²) in [5.74, 6) is 0.763. The molecule has 8 heteroatoms. The van der Waals surface area contributed by atoms with E-state index in [4.69, 9.17) is 23.2 Å². The molecular formula is C24H27BrCl2N2O2S. The maximum atomic E-state index is 13.2. The zero-order valence-electron chi connectivity index (χ0n) is 18.0. The van der Waals surface area contributed by atoms with Crippen molar-refractivity contribution in [2.45, 2.75) is 57.0 Å². The molecule has 32 heavy (non-hydrogen) atoms. The van der Waals surface area contributed by atoms with Crippen LogP contribution in [0.5, 0.6) is 0 Å². The predicted octanol–water partition coefficient (Wildman–Crippen LogP) is 6.47. The molecule has 4 nitrogen and oxygen atoms in total. The number of rotatable bonds is 9. The van der Waals surface area contributed by atoms with E-state index in [2.05, 4.69) is 21.2 Å². The van der Waals surface area contributed by atoms with E-state index >= 15 is 0 Å². The molecule has 0 saturated heterocycles. The van der Waals surface area contributed by atoms with Gasteiger partial charge in [0.05, 0.1) is 15.8 Å². The van der Waals surface area contributed by atoms with Crippen molar-refractivity contribution in [1.82, 2.24) is 10.2 Å². The Morgan fingerprint density at radius 2 is 1.75 bits per heavy atom. The monoisotopic (exact) mass is 556 g/mol. The third kappa shape index (κ3) is 7.41. The van der Waals surface area contributed by atoms with Gasteiger partial charge in [-0.3, -0.25) is 9.59 Å². The zero-order chi connectivity index (χ0) is 23.1. The lowest BCUT2D eigenvalue weighted by atomic mass is 10.1. The van der Waals surface area contributed by atoms with Gasteiger partial charge in [0.1, 0.15) is 6.04 Å². The van der Waals surface area contributed by atoms with Gasteiger partial charge >= 0.3 is 0 Å². The van der Waals surface area contributed by atoms with Gasteiger partial charge in [0.2, 0.25) is 11.8 Å². The number of carbonyl (C=O) groups excluding carboxylic acids is 2. The third-order valence-corrected chi connectivity index (χ3v) is 7.87. The number of nitrogens with one attached hydrogen (secondary N) is 1. The lowest BCUT2D eigenvalue weighted by molar-refractivity contribution is -0.138. The SMILES string of the molecule is C[C@@H](C(=O)NC1CCCC1)N(Cc1ccc(Br)cc1)C(=O)CSCc1ccc(Cl)c(Cl)c1. The molecule has 0 radical (unpaired) electrons. The quantitative estimate of drug-likeness (QED) is 0.384. The second-order valence-electron chi connectivity index (χ2n) is 8.06. The number of benzene rings is 2. The maximum Gasteiger partial charge on any atom is 0.242 e. The van der Waals surface area contributed by atoms with E-state index in [9.17, 15) is 9.59 Å². The van der Waals surface area contributed by atoms with Crippen LogP contribution in [0.3, 0.4) is 0 Å². The topological polar surface area (TPSA) is 49.4 Å². The zero-order valence-corrected chi connectivity index (χ0v) is 21.9. The molecule has 1 aliphatic rings. The molecule has 1 saturated carbocycles. The van der Waals surface area contributed by atoms with Gasteiger partial charge in [-0.1, -0.05) is 70.2 Å². The molecule has 172 valence electrons. The van der Waals surface area contributed by atoms with Crippen molar-refractivity contribution in [3.8, 4) is 0 Å². The number of halogens is 3. The molecule has 0 bridgehead atoms. The third-order valence-electron chi connectivity index (χ3n) is 5.61. The first-order valence-electron chi connectivity index (χ1n) is 10.7. The van der Waals surface area contributed by atoms with Crippen LogP contribution >= 0.6 is 50.9 Å². The number of amides is 2. The Kier molecular flexibility index (Phi) is 9.77. The highest BCUT2D eigenvalue weighted by molar-refractivity contribution is 9.10. The molecule has 0 aliphatic heterocycles. The van der Waals surface area contributed by atoms with Crippen LogP contribution in [0.25, 0.3) is 0 Å². The van der Waals surface area contributed by atoms with Gasteiger partial charge in [0, 0.05) is 22.8 Å². The van der Waals surface area contributed by atoms with Crippen molar-refractivity contribution in [1.29, 1.82) is 0 Å². The molecule has 1 atom stereocenters. The van der Waals surface area contributed by atoms with Gasteiger partial charge in [-0.15, -0.1) is 11.8 Å². The van der Waals surface area contributed by atoms with Crippen molar-refractivity contribution in [2.24, 2.45) is 0 Å². The summed E-state index contributed by atoms with van der Waals surface area (Å²) in [6.07, 6.45) is 4.32. The summed E-state index contributed by atoms with van der Waals surface area (Å²) in [5, 5.41) is 4.15. The van der Waals surface area contributed by atoms with Crippen LogP contribution in [-0.4, -0.2) is 34.6 Å². The first-order chi connectivity index (χ1) is 15.3. The Hall–Kier alpha value is -1.21. The van der Waals surface area contributed by atoms with E-state index < -0.39 is 6.04 Å². The van der Waals surface area contributed by atoms with Crippen LogP contribution in [0, 0.1) is 0 Å². The van der Waals surface area contributed by atoms with Crippen molar-refractivity contribution in [2.75, 3.05) is 5.75 Å². The minimum Gasteiger partial charge on any atom is -0.352 e. The minimum absolute atomic E-state index is 0.0629. The molecule has 0 unspecified atom stereocenters. The van der Waals surface area contributed by atoms with Gasteiger partial charge in [0.15, 0.2) is 0 Å². The normalized spacial score (nSPS) is 14.9. The second kappa shape index (κ2) is 12.3. The minimum atomic E-state index is -0.544. The highest BCUT2D eigenvalue weighted by atomic mass is 79.9. The van der Waals surface area contributed by atoms with Crippen LogP contribution < -0.4 is 5.32 Å². The van der Waals surface area contributed by atoms with E-state index in [0.29, 0.717) is 22.3 Å². The second-order valence-corrected chi connectivity index (χ2v) is 10.8. The summed E-state index contributed by atoms with van der Waals surface area (Å²) in [7, 11) is 0. The molecule has 2 aromatic carbocycles. The molecular weight excluding hydrogens is 531 g/mol. The van der Waals surface area contributed by atoms with E-state index in [1.54, 1.807) is 11.0 Å². The average Bonchev–Trinajstić information content (AvgIpc) is 3.28. The summed E-state index contributed by atoms with van der Waals surface area (Å²) in [6, 6.07) is 13.0. The average molecular weight is 558 g/mol. The summed E-state index contributed by atoms with van der Waals surface area (Å²) in [6.45, 7) is 2.20. The number of carbonyl (C=O) groups is 2. The van der Waals surface area contributed by atoms with Crippen LogP contribution in [-0.2, 0) is 21.9 Å². The van der Waals surface area contributed by atoms with Gasteiger partial charge in [0.25, 0.3) is 0 Å². The Labute approximate surface area is 212 Å². The Bertz CT molecular complexity index is 936. The van der Waals surface area contributed by atoms with Gasteiger partial charge in [-0.05, 0) is 55.2 Å². The van der Waals surface area contributed by atoms with Crippen LogP contribution in [0.1, 0.15) is 43.7 Å². The molecule has 3 rings (SSSR count). The number of hydrogen-bond acceptors (Lipinski definition) is 3. The standard InChI is InChI=1S/C24H27BrCl2N2O2S/c1-16(24(31)28-20-4-2-3-5-20)29(13-17-6-9-19(25)10-7-17)23(30)15-32-14-18-8-11-21(26)22(27)12-18/h6-12,16,20H,2-5,13-15H2,1H3,(H,28,31)/t16-/m0/s1. The Balaban J connectivity index is 1.65. The van der Waals surface area contributed by atoms with E-state index in [1.165, 1.54) is 11.8 Å². The summed E-state index contributed by atoms with van der Waals surface area (Å²) in [4.78, 5) is 27.8. The highest BCUT2D eigenvalue weighted by Gasteiger charge is 2.28. The molecule has 0 aromatic heterocycles.